The summed E-state index contributed by atoms with van der Waals surface area (Å²) in [4.78, 5) is 17.2. The Balaban J connectivity index is 1.80. The van der Waals surface area contributed by atoms with Crippen molar-refractivity contribution in [2.24, 2.45) is 0 Å². The SMILES string of the molecule is COc1cc2nn(CCc3nc(C)c(C(=O)O)s3)nc2cc1OC. The molecule has 8 nitrogen and oxygen atoms in total. The van der Waals surface area contributed by atoms with Crippen LogP contribution in [0.3, 0.4) is 0 Å². The van der Waals surface area contributed by atoms with Gasteiger partial charge in [-0.15, -0.1) is 11.3 Å². The predicted octanol–water partition coefficient (Wildman–Crippen LogP) is 2.15. The predicted molar refractivity (Wildman–Crippen MR) is 88.1 cm³/mol. The number of methoxy groups -OCH3 is 2. The normalized spacial score (nSPS) is 11.0. The van der Waals surface area contributed by atoms with Crippen molar-refractivity contribution in [3.05, 3.63) is 27.7 Å². The first kappa shape index (κ1) is 16.2. The molecule has 1 N–H and O–H groups in total. The Hall–Kier alpha value is -2.68. The minimum atomic E-state index is -0.946. The number of thiazole rings is 1. The van der Waals surface area contributed by atoms with Crippen molar-refractivity contribution < 1.29 is 19.4 Å². The van der Waals surface area contributed by atoms with Crippen LogP contribution in [-0.4, -0.2) is 45.3 Å². The molecule has 3 rings (SSSR count). The second-order valence-electron chi connectivity index (χ2n) is 5.07. The summed E-state index contributed by atoms with van der Waals surface area (Å²) in [5, 5.41) is 18.6. The number of ether oxygens (including phenoxy) is 2. The number of aryl methyl sites for hydroxylation is 3. The van der Waals surface area contributed by atoms with E-state index in [2.05, 4.69) is 15.2 Å². The molecule has 0 amide bonds. The molecule has 0 spiro atoms. The first-order chi connectivity index (χ1) is 11.5. The Morgan fingerprint density at radius 1 is 1.21 bits per heavy atom. The summed E-state index contributed by atoms with van der Waals surface area (Å²) in [5.74, 6) is 0.246. The third-order valence-electron chi connectivity index (χ3n) is 3.49. The summed E-state index contributed by atoms with van der Waals surface area (Å²) < 4.78 is 10.5. The first-order valence-electron chi connectivity index (χ1n) is 7.18. The fraction of sp³-hybridized carbons (Fsp3) is 0.333. The lowest BCUT2D eigenvalue weighted by Crippen LogP contribution is -2.04. The minimum Gasteiger partial charge on any atom is -0.493 e. The maximum Gasteiger partial charge on any atom is 0.347 e. The van der Waals surface area contributed by atoms with Crippen molar-refractivity contribution in [1.29, 1.82) is 0 Å². The van der Waals surface area contributed by atoms with E-state index in [1.54, 1.807) is 38.1 Å². The lowest BCUT2D eigenvalue weighted by molar-refractivity contribution is 0.0701. The van der Waals surface area contributed by atoms with Crippen LogP contribution >= 0.6 is 11.3 Å². The van der Waals surface area contributed by atoms with Gasteiger partial charge in [0.25, 0.3) is 0 Å². The summed E-state index contributed by atoms with van der Waals surface area (Å²) >= 11 is 1.19. The van der Waals surface area contributed by atoms with E-state index in [0.717, 1.165) is 5.01 Å². The molecular weight excluding hydrogens is 332 g/mol. The topological polar surface area (TPSA) is 99.4 Å². The van der Waals surface area contributed by atoms with Gasteiger partial charge in [-0.25, -0.2) is 9.78 Å². The molecule has 2 heterocycles. The molecule has 0 saturated carbocycles. The quantitative estimate of drug-likeness (QED) is 0.728. The first-order valence-corrected chi connectivity index (χ1v) is 8.00. The van der Waals surface area contributed by atoms with Gasteiger partial charge in [-0.05, 0) is 6.92 Å². The third-order valence-corrected chi connectivity index (χ3v) is 4.69. The van der Waals surface area contributed by atoms with E-state index in [-0.39, 0.29) is 4.88 Å². The van der Waals surface area contributed by atoms with E-state index >= 15 is 0 Å². The number of benzene rings is 1. The van der Waals surface area contributed by atoms with Crippen molar-refractivity contribution in [3.8, 4) is 11.5 Å². The van der Waals surface area contributed by atoms with E-state index in [0.29, 0.717) is 41.2 Å². The molecule has 3 aromatic rings. The van der Waals surface area contributed by atoms with Crippen LogP contribution in [0.5, 0.6) is 11.5 Å². The highest BCUT2D eigenvalue weighted by molar-refractivity contribution is 7.13. The van der Waals surface area contributed by atoms with E-state index in [1.165, 1.54) is 11.3 Å². The van der Waals surface area contributed by atoms with Crippen LogP contribution in [0.4, 0.5) is 0 Å². The molecule has 2 aromatic heterocycles. The van der Waals surface area contributed by atoms with Gasteiger partial charge in [0.1, 0.15) is 15.9 Å². The summed E-state index contributed by atoms with van der Waals surface area (Å²) in [5.41, 5.74) is 1.94. The van der Waals surface area contributed by atoms with Gasteiger partial charge >= 0.3 is 5.97 Å². The standard InChI is InChI=1S/C15H16N4O4S/c1-8-14(15(20)21)24-13(16-8)4-5-19-17-9-6-11(22-2)12(23-3)7-10(9)18-19/h6-7H,4-5H2,1-3H3,(H,20,21). The number of carbonyl (C=O) groups is 1. The van der Waals surface area contributed by atoms with Crippen molar-refractivity contribution >= 4 is 28.3 Å². The lowest BCUT2D eigenvalue weighted by atomic mass is 10.3. The highest BCUT2D eigenvalue weighted by Gasteiger charge is 2.15. The van der Waals surface area contributed by atoms with Gasteiger partial charge in [-0.1, -0.05) is 0 Å². The zero-order valence-corrected chi connectivity index (χ0v) is 14.3. The highest BCUT2D eigenvalue weighted by Crippen LogP contribution is 2.30. The number of hydrogen-bond donors (Lipinski definition) is 1. The van der Waals surface area contributed by atoms with Crippen molar-refractivity contribution in [3.63, 3.8) is 0 Å². The van der Waals surface area contributed by atoms with Gasteiger partial charge in [0.2, 0.25) is 0 Å². The van der Waals surface area contributed by atoms with E-state index in [4.69, 9.17) is 14.6 Å². The number of carboxylic acid groups (broad SMARTS) is 1. The monoisotopic (exact) mass is 348 g/mol. The Morgan fingerprint density at radius 3 is 2.25 bits per heavy atom. The molecule has 126 valence electrons. The molecule has 24 heavy (non-hydrogen) atoms. The molecule has 0 radical (unpaired) electrons. The molecule has 0 aliphatic rings. The molecule has 0 atom stereocenters. The molecular formula is C15H16N4O4S. The summed E-state index contributed by atoms with van der Waals surface area (Å²) in [7, 11) is 3.14. The maximum atomic E-state index is 11.1. The minimum absolute atomic E-state index is 0.276. The lowest BCUT2D eigenvalue weighted by Gasteiger charge is -2.05. The summed E-state index contributed by atoms with van der Waals surface area (Å²) in [6.45, 7) is 2.20. The van der Waals surface area contributed by atoms with Gasteiger partial charge in [0.05, 0.1) is 31.5 Å². The molecule has 9 heteroatoms. The van der Waals surface area contributed by atoms with Gasteiger partial charge in [0.15, 0.2) is 11.5 Å². The van der Waals surface area contributed by atoms with Crippen LogP contribution in [0.15, 0.2) is 12.1 Å². The van der Waals surface area contributed by atoms with E-state index in [1.807, 2.05) is 0 Å². The zero-order chi connectivity index (χ0) is 17.3. The summed E-state index contributed by atoms with van der Waals surface area (Å²) in [6, 6.07) is 3.54. The van der Waals surface area contributed by atoms with Gasteiger partial charge < -0.3 is 14.6 Å². The number of hydrogen-bond acceptors (Lipinski definition) is 7. The molecule has 0 unspecified atom stereocenters. The third kappa shape index (κ3) is 3.02. The average molecular weight is 348 g/mol. The number of nitrogens with zero attached hydrogens (tertiary/aromatic N) is 4. The van der Waals surface area contributed by atoms with E-state index < -0.39 is 5.97 Å². The average Bonchev–Trinajstić information content (AvgIpc) is 3.13. The smallest absolute Gasteiger partial charge is 0.347 e. The number of rotatable bonds is 6. The van der Waals surface area contributed by atoms with Crippen molar-refractivity contribution in [1.82, 2.24) is 20.0 Å². The van der Waals surface area contributed by atoms with Crippen molar-refractivity contribution in [2.75, 3.05) is 14.2 Å². The van der Waals surface area contributed by atoms with Crippen LogP contribution in [0.1, 0.15) is 20.4 Å². The molecule has 0 aliphatic heterocycles. The van der Waals surface area contributed by atoms with Crippen LogP contribution < -0.4 is 9.47 Å². The maximum absolute atomic E-state index is 11.1. The van der Waals surface area contributed by atoms with Gasteiger partial charge in [-0.2, -0.15) is 15.0 Å². The fourth-order valence-electron chi connectivity index (χ4n) is 2.34. The number of aromatic carboxylic acids is 1. The number of carboxylic acids is 1. The molecule has 1 aromatic carbocycles. The Bertz CT molecular complexity index is 861. The Labute approximate surface area is 141 Å². The van der Waals surface area contributed by atoms with Gasteiger partial charge in [0, 0.05) is 18.6 Å². The van der Waals surface area contributed by atoms with Crippen LogP contribution in [0.25, 0.3) is 11.0 Å². The molecule has 0 fully saturated rings. The Kier molecular flexibility index (Phi) is 4.34. The molecule has 0 aliphatic carbocycles. The van der Waals surface area contributed by atoms with Crippen molar-refractivity contribution in [2.45, 2.75) is 19.9 Å². The molecule has 0 saturated heterocycles. The zero-order valence-electron chi connectivity index (χ0n) is 13.4. The van der Waals surface area contributed by atoms with Crippen LogP contribution in [-0.2, 0) is 13.0 Å². The Morgan fingerprint density at radius 2 is 1.79 bits per heavy atom. The summed E-state index contributed by atoms with van der Waals surface area (Å²) in [6.07, 6.45) is 0.564. The second-order valence-corrected chi connectivity index (χ2v) is 6.15. The van der Waals surface area contributed by atoms with Crippen LogP contribution in [0.2, 0.25) is 0 Å². The second kappa shape index (κ2) is 6.44. The number of aromatic nitrogens is 4. The number of fused-ring (bicyclic) bond motifs is 1. The highest BCUT2D eigenvalue weighted by atomic mass is 32.1. The van der Waals surface area contributed by atoms with Gasteiger partial charge in [-0.3, -0.25) is 0 Å². The van der Waals surface area contributed by atoms with Crippen LogP contribution in [0, 0.1) is 6.92 Å². The fourth-order valence-corrected chi connectivity index (χ4v) is 3.23. The largest absolute Gasteiger partial charge is 0.493 e. The van der Waals surface area contributed by atoms with E-state index in [9.17, 15) is 4.79 Å². The molecule has 0 bridgehead atoms.